The summed E-state index contributed by atoms with van der Waals surface area (Å²) in [6, 6.07) is -0.858. The summed E-state index contributed by atoms with van der Waals surface area (Å²) in [6.07, 6.45) is 20.6. The van der Waals surface area contributed by atoms with Crippen LogP contribution in [-0.4, -0.2) is 68.5 Å². The van der Waals surface area contributed by atoms with E-state index in [1.165, 1.54) is 70.6 Å². The molecule has 0 radical (unpaired) electrons. The Bertz CT molecular complexity index is 579. The second-order valence-corrected chi connectivity index (χ2v) is 9.00. The molecule has 1 heterocycles. The predicted octanol–water partition coefficient (Wildman–Crippen LogP) is 4.52. The van der Waals surface area contributed by atoms with Crippen LogP contribution in [0.3, 0.4) is 0 Å². The standard InChI is InChI=1S/C18H34O2.C8H13NO5/c1-2-3-4-5-6-7-8-9-10-11-12-13-14-15-16-17-18(19)20;10-4-5(11)3-9-6(8(13)14)1-2-7(9)12/h9-10H,2-8,11-17H2,1H3,(H,19,20);5-6,10-11H,1-4H2,(H,13,14)/b10-9-;. The SMILES string of the molecule is CCCCCCCC/C=C\CCCCCCCC(=O)O.O=C(O)C1CCC(=O)N1CC(O)CO. The third-order valence-electron chi connectivity index (χ3n) is 5.88. The molecule has 0 aliphatic carbocycles. The molecule has 0 bridgehead atoms. The number of carboxylic acid groups (broad SMARTS) is 2. The van der Waals surface area contributed by atoms with Crippen LogP contribution in [-0.2, 0) is 14.4 Å². The van der Waals surface area contributed by atoms with E-state index in [1.807, 2.05) is 0 Å². The molecular weight excluding hydrogens is 438 g/mol. The summed E-state index contributed by atoms with van der Waals surface area (Å²) in [5.74, 6) is -2.02. The van der Waals surface area contributed by atoms with Crippen LogP contribution in [0.5, 0.6) is 0 Å². The largest absolute Gasteiger partial charge is 0.481 e. The van der Waals surface area contributed by atoms with Crippen LogP contribution in [0, 0.1) is 0 Å². The number of hydrogen-bond acceptors (Lipinski definition) is 5. The number of carbonyl (C=O) groups is 3. The number of aliphatic hydroxyl groups is 2. The fraction of sp³-hybridized carbons (Fsp3) is 0.808. The molecule has 34 heavy (non-hydrogen) atoms. The van der Waals surface area contributed by atoms with Crippen molar-refractivity contribution in [3.05, 3.63) is 12.2 Å². The molecule has 8 nitrogen and oxygen atoms in total. The summed E-state index contributed by atoms with van der Waals surface area (Å²) in [5, 5.41) is 34.9. The maximum Gasteiger partial charge on any atom is 0.326 e. The van der Waals surface area contributed by atoms with E-state index >= 15 is 0 Å². The Labute approximate surface area is 205 Å². The number of unbranched alkanes of at least 4 members (excludes halogenated alkanes) is 11. The van der Waals surface area contributed by atoms with Crippen molar-refractivity contribution in [2.24, 2.45) is 0 Å². The molecule has 0 aromatic heterocycles. The zero-order valence-electron chi connectivity index (χ0n) is 21.0. The fourth-order valence-corrected chi connectivity index (χ4v) is 3.85. The van der Waals surface area contributed by atoms with Gasteiger partial charge in [0.15, 0.2) is 0 Å². The van der Waals surface area contributed by atoms with Gasteiger partial charge in [-0.1, -0.05) is 70.4 Å². The molecule has 1 aliphatic heterocycles. The molecule has 0 spiro atoms. The summed E-state index contributed by atoms with van der Waals surface area (Å²) in [5.41, 5.74) is 0. The number of nitrogens with zero attached hydrogens (tertiary/aromatic N) is 1. The van der Waals surface area contributed by atoms with Gasteiger partial charge in [-0.25, -0.2) is 4.79 Å². The molecular formula is C26H47NO7. The zero-order valence-corrected chi connectivity index (χ0v) is 21.0. The Hall–Kier alpha value is -1.93. The third kappa shape index (κ3) is 17.5. The van der Waals surface area contributed by atoms with E-state index in [1.54, 1.807) is 0 Å². The highest BCUT2D eigenvalue weighted by Gasteiger charge is 2.36. The Balaban J connectivity index is 0.000000679. The lowest BCUT2D eigenvalue weighted by Gasteiger charge is -2.23. The van der Waals surface area contributed by atoms with Crippen LogP contribution in [0.25, 0.3) is 0 Å². The number of carbonyl (C=O) groups excluding carboxylic acids is 1. The van der Waals surface area contributed by atoms with Crippen LogP contribution in [0.2, 0.25) is 0 Å². The van der Waals surface area contributed by atoms with Crippen molar-refractivity contribution in [2.45, 2.75) is 122 Å². The average molecular weight is 486 g/mol. The van der Waals surface area contributed by atoms with Gasteiger partial charge in [-0.2, -0.15) is 0 Å². The molecule has 0 aromatic rings. The molecule has 4 N–H and O–H groups in total. The van der Waals surface area contributed by atoms with Crippen LogP contribution in [0.4, 0.5) is 0 Å². The molecule has 198 valence electrons. The van der Waals surface area contributed by atoms with Gasteiger partial charge in [-0.15, -0.1) is 0 Å². The van der Waals surface area contributed by atoms with E-state index in [0.29, 0.717) is 6.42 Å². The first kappa shape index (κ1) is 32.1. The van der Waals surface area contributed by atoms with Crippen molar-refractivity contribution >= 4 is 17.8 Å². The highest BCUT2D eigenvalue weighted by molar-refractivity contribution is 5.87. The number of likely N-dealkylation sites (tertiary alicyclic amines) is 1. The number of allylic oxidation sites excluding steroid dienone is 2. The minimum absolute atomic E-state index is 0.119. The first-order chi connectivity index (χ1) is 16.3. The summed E-state index contributed by atoms with van der Waals surface area (Å²) < 4.78 is 0. The fourth-order valence-electron chi connectivity index (χ4n) is 3.85. The highest BCUT2D eigenvalue weighted by atomic mass is 16.4. The highest BCUT2D eigenvalue weighted by Crippen LogP contribution is 2.19. The van der Waals surface area contributed by atoms with Gasteiger partial charge in [0.1, 0.15) is 6.04 Å². The Morgan fingerprint density at radius 1 is 0.941 bits per heavy atom. The second-order valence-electron chi connectivity index (χ2n) is 9.00. The van der Waals surface area contributed by atoms with Crippen molar-refractivity contribution in [3.8, 4) is 0 Å². The smallest absolute Gasteiger partial charge is 0.326 e. The molecule has 1 fully saturated rings. The molecule has 1 rings (SSSR count). The lowest BCUT2D eigenvalue weighted by molar-refractivity contribution is -0.147. The van der Waals surface area contributed by atoms with Gasteiger partial charge in [-0.3, -0.25) is 9.59 Å². The number of hydrogen-bond donors (Lipinski definition) is 4. The van der Waals surface area contributed by atoms with Gasteiger partial charge in [0.25, 0.3) is 0 Å². The predicted molar refractivity (Wildman–Crippen MR) is 133 cm³/mol. The number of rotatable bonds is 19. The topological polar surface area (TPSA) is 135 Å². The molecule has 1 amide bonds. The quantitative estimate of drug-likeness (QED) is 0.156. The number of carboxylic acids is 2. The van der Waals surface area contributed by atoms with Crippen LogP contribution >= 0.6 is 0 Å². The number of aliphatic carboxylic acids is 2. The van der Waals surface area contributed by atoms with Crippen LogP contribution < -0.4 is 0 Å². The number of amides is 1. The van der Waals surface area contributed by atoms with E-state index in [2.05, 4.69) is 19.1 Å². The molecule has 1 aliphatic rings. The lowest BCUT2D eigenvalue weighted by atomic mass is 10.1. The second kappa shape index (κ2) is 21.6. The van der Waals surface area contributed by atoms with E-state index in [0.717, 1.165) is 17.7 Å². The maximum absolute atomic E-state index is 11.2. The molecule has 1 saturated heterocycles. The summed E-state index contributed by atoms with van der Waals surface area (Å²) in [6.45, 7) is 1.66. The normalized spacial score (nSPS) is 16.5. The molecule has 0 saturated carbocycles. The van der Waals surface area contributed by atoms with E-state index in [-0.39, 0.29) is 25.3 Å². The minimum Gasteiger partial charge on any atom is -0.481 e. The summed E-state index contributed by atoms with van der Waals surface area (Å²) >= 11 is 0. The van der Waals surface area contributed by atoms with Gasteiger partial charge in [0.05, 0.1) is 12.7 Å². The average Bonchev–Trinajstić information content (AvgIpc) is 3.16. The van der Waals surface area contributed by atoms with Crippen molar-refractivity contribution in [1.82, 2.24) is 4.90 Å². The number of β-amino-alcohol motifs (C(OH)–C–C–N with tert-alkyl or cyclic N) is 1. The van der Waals surface area contributed by atoms with Crippen molar-refractivity contribution < 1.29 is 34.8 Å². The van der Waals surface area contributed by atoms with Gasteiger partial charge >= 0.3 is 11.9 Å². The monoisotopic (exact) mass is 485 g/mol. The van der Waals surface area contributed by atoms with Crippen LogP contribution in [0.15, 0.2) is 12.2 Å². The zero-order chi connectivity index (χ0) is 25.6. The Morgan fingerprint density at radius 3 is 1.97 bits per heavy atom. The minimum atomic E-state index is -1.07. The summed E-state index contributed by atoms with van der Waals surface area (Å²) in [7, 11) is 0. The molecule has 8 heteroatoms. The van der Waals surface area contributed by atoms with Gasteiger partial charge in [0, 0.05) is 19.4 Å². The van der Waals surface area contributed by atoms with E-state index in [9.17, 15) is 14.4 Å². The van der Waals surface area contributed by atoms with Gasteiger partial charge in [0.2, 0.25) is 5.91 Å². The first-order valence-electron chi connectivity index (χ1n) is 13.0. The van der Waals surface area contributed by atoms with Crippen molar-refractivity contribution in [1.29, 1.82) is 0 Å². The Kier molecular flexibility index (Phi) is 20.4. The summed E-state index contributed by atoms with van der Waals surface area (Å²) in [4.78, 5) is 33.3. The van der Waals surface area contributed by atoms with Crippen LogP contribution in [0.1, 0.15) is 110 Å². The molecule has 0 aromatic carbocycles. The lowest BCUT2D eigenvalue weighted by Crippen LogP contribution is -2.43. The van der Waals surface area contributed by atoms with Gasteiger partial charge < -0.3 is 25.3 Å². The molecule has 2 unspecified atom stereocenters. The van der Waals surface area contributed by atoms with Crippen molar-refractivity contribution in [2.75, 3.05) is 13.2 Å². The van der Waals surface area contributed by atoms with E-state index in [4.69, 9.17) is 20.4 Å². The van der Waals surface area contributed by atoms with Gasteiger partial charge in [-0.05, 0) is 38.5 Å². The van der Waals surface area contributed by atoms with E-state index < -0.39 is 30.7 Å². The van der Waals surface area contributed by atoms with Crippen molar-refractivity contribution in [3.63, 3.8) is 0 Å². The molecule has 2 atom stereocenters. The number of aliphatic hydroxyl groups excluding tert-OH is 2. The third-order valence-corrected chi connectivity index (χ3v) is 5.88. The maximum atomic E-state index is 11.2. The first-order valence-corrected chi connectivity index (χ1v) is 13.0. The Morgan fingerprint density at radius 2 is 1.47 bits per heavy atom.